The van der Waals surface area contributed by atoms with Gasteiger partial charge < -0.3 is 4.98 Å². The molecule has 1 aromatic heterocycles. The molecule has 2 aromatic rings. The van der Waals surface area contributed by atoms with Gasteiger partial charge in [-0.25, -0.2) is 0 Å². The van der Waals surface area contributed by atoms with Crippen LogP contribution in [0.2, 0.25) is 0 Å². The van der Waals surface area contributed by atoms with Gasteiger partial charge in [0, 0.05) is 10.2 Å². The molecule has 0 spiro atoms. The van der Waals surface area contributed by atoms with E-state index in [1.165, 1.54) is 0 Å². The predicted octanol–water partition coefficient (Wildman–Crippen LogP) is 4.64. The van der Waals surface area contributed by atoms with Gasteiger partial charge in [0.15, 0.2) is 0 Å². The second-order valence-electron chi connectivity index (χ2n) is 3.59. The Labute approximate surface area is 124 Å². The zero-order chi connectivity index (χ0) is 12.6. The van der Waals surface area contributed by atoms with Gasteiger partial charge in [0.2, 0.25) is 5.43 Å². The molecule has 0 amide bonds. The van der Waals surface area contributed by atoms with Gasteiger partial charge in [0.05, 0.1) is 14.6 Å². The van der Waals surface area contributed by atoms with Crippen LogP contribution in [0, 0.1) is 6.92 Å². The molecular formula is C12H8Br3NO. The number of aromatic nitrogens is 1. The second-order valence-corrected chi connectivity index (χ2v) is 6.09. The van der Waals surface area contributed by atoms with Crippen molar-refractivity contribution < 1.29 is 0 Å². The molecule has 0 fully saturated rings. The minimum atomic E-state index is -0.0424. The second kappa shape index (κ2) is 5.08. The van der Waals surface area contributed by atoms with Crippen molar-refractivity contribution in [1.29, 1.82) is 0 Å². The van der Waals surface area contributed by atoms with Gasteiger partial charge in [-0.2, -0.15) is 0 Å². The van der Waals surface area contributed by atoms with Crippen LogP contribution in [-0.4, -0.2) is 4.98 Å². The Balaban J connectivity index is 2.68. The van der Waals surface area contributed by atoms with Gasteiger partial charge >= 0.3 is 0 Å². The number of halogens is 3. The molecule has 17 heavy (non-hydrogen) atoms. The molecular weight excluding hydrogens is 414 g/mol. The lowest BCUT2D eigenvalue weighted by Gasteiger charge is -2.08. The summed E-state index contributed by atoms with van der Waals surface area (Å²) in [5, 5.41) is 0. The smallest absolute Gasteiger partial charge is 0.210 e. The molecule has 2 rings (SSSR count). The van der Waals surface area contributed by atoms with E-state index in [1.807, 2.05) is 31.2 Å². The number of hydrogen-bond acceptors (Lipinski definition) is 1. The highest BCUT2D eigenvalue weighted by Crippen LogP contribution is 2.27. The van der Waals surface area contributed by atoms with E-state index in [1.54, 1.807) is 0 Å². The minimum absolute atomic E-state index is 0.0424. The van der Waals surface area contributed by atoms with Gasteiger partial charge in [-0.3, -0.25) is 4.79 Å². The van der Waals surface area contributed by atoms with E-state index in [-0.39, 0.29) is 5.43 Å². The molecule has 0 saturated heterocycles. The molecule has 0 atom stereocenters. The molecule has 0 aliphatic rings. The first-order chi connectivity index (χ1) is 8.00. The molecule has 5 heteroatoms. The lowest BCUT2D eigenvalue weighted by atomic mass is 10.1. The summed E-state index contributed by atoms with van der Waals surface area (Å²) in [6, 6.07) is 7.79. The van der Waals surface area contributed by atoms with E-state index in [0.717, 1.165) is 21.4 Å². The zero-order valence-corrected chi connectivity index (χ0v) is 13.6. The van der Waals surface area contributed by atoms with Crippen LogP contribution in [0.25, 0.3) is 11.3 Å². The average molecular weight is 422 g/mol. The number of rotatable bonds is 1. The quantitative estimate of drug-likeness (QED) is 0.715. The van der Waals surface area contributed by atoms with Crippen molar-refractivity contribution in [2.45, 2.75) is 6.92 Å². The minimum Gasteiger partial charge on any atom is -0.357 e. The SMILES string of the molecule is Cc1[nH]c(-c2ccc(Br)cc2)c(Br)c(=O)c1Br. The number of pyridine rings is 1. The van der Waals surface area contributed by atoms with Gasteiger partial charge in [0.1, 0.15) is 0 Å². The zero-order valence-electron chi connectivity index (χ0n) is 8.85. The lowest BCUT2D eigenvalue weighted by Crippen LogP contribution is -2.09. The Morgan fingerprint density at radius 2 is 1.59 bits per heavy atom. The van der Waals surface area contributed by atoms with E-state index >= 15 is 0 Å². The fourth-order valence-electron chi connectivity index (χ4n) is 1.49. The maximum Gasteiger partial charge on any atom is 0.210 e. The van der Waals surface area contributed by atoms with Crippen LogP contribution in [0.1, 0.15) is 5.69 Å². The van der Waals surface area contributed by atoms with Crippen LogP contribution in [0.3, 0.4) is 0 Å². The van der Waals surface area contributed by atoms with Crippen molar-refractivity contribution in [3.05, 3.63) is 53.6 Å². The van der Waals surface area contributed by atoms with Crippen molar-refractivity contribution in [2.75, 3.05) is 0 Å². The monoisotopic (exact) mass is 419 g/mol. The number of nitrogens with one attached hydrogen (secondary N) is 1. The molecule has 2 nitrogen and oxygen atoms in total. The number of hydrogen-bond donors (Lipinski definition) is 1. The predicted molar refractivity (Wildman–Crippen MR) is 80.3 cm³/mol. The van der Waals surface area contributed by atoms with Crippen LogP contribution in [0.4, 0.5) is 0 Å². The van der Waals surface area contributed by atoms with E-state index < -0.39 is 0 Å². The lowest BCUT2D eigenvalue weighted by molar-refractivity contribution is 1.15. The number of aryl methyl sites for hydroxylation is 1. The highest BCUT2D eigenvalue weighted by Gasteiger charge is 2.12. The molecule has 1 N–H and O–H groups in total. The van der Waals surface area contributed by atoms with E-state index in [0.29, 0.717) is 8.95 Å². The fraction of sp³-hybridized carbons (Fsp3) is 0.0833. The summed E-state index contributed by atoms with van der Waals surface area (Å²) in [4.78, 5) is 15.1. The highest BCUT2D eigenvalue weighted by atomic mass is 79.9. The Morgan fingerprint density at radius 3 is 2.18 bits per heavy atom. The molecule has 1 aromatic carbocycles. The number of H-pyrrole nitrogens is 1. The third-order valence-electron chi connectivity index (χ3n) is 2.39. The Morgan fingerprint density at radius 1 is 1.00 bits per heavy atom. The topological polar surface area (TPSA) is 32.9 Å². The van der Waals surface area contributed by atoms with Gasteiger partial charge in [0.25, 0.3) is 0 Å². The Bertz CT molecular complexity index is 617. The summed E-state index contributed by atoms with van der Waals surface area (Å²) in [5.41, 5.74) is 2.53. The van der Waals surface area contributed by atoms with Crippen molar-refractivity contribution in [1.82, 2.24) is 4.98 Å². The van der Waals surface area contributed by atoms with Gasteiger partial charge in [-0.15, -0.1) is 0 Å². The molecule has 0 unspecified atom stereocenters. The largest absolute Gasteiger partial charge is 0.357 e. The average Bonchev–Trinajstić information content (AvgIpc) is 2.32. The third-order valence-corrected chi connectivity index (χ3v) is 4.63. The maximum atomic E-state index is 11.9. The van der Waals surface area contributed by atoms with Crippen LogP contribution in [0.5, 0.6) is 0 Å². The summed E-state index contributed by atoms with van der Waals surface area (Å²) >= 11 is 9.99. The Hall–Kier alpha value is -0.390. The van der Waals surface area contributed by atoms with Crippen molar-refractivity contribution in [3.8, 4) is 11.3 Å². The van der Waals surface area contributed by atoms with Crippen LogP contribution >= 0.6 is 47.8 Å². The molecule has 0 radical (unpaired) electrons. The molecule has 0 saturated carbocycles. The number of benzene rings is 1. The van der Waals surface area contributed by atoms with Crippen molar-refractivity contribution >= 4 is 47.8 Å². The molecule has 88 valence electrons. The summed E-state index contributed by atoms with van der Waals surface area (Å²) in [7, 11) is 0. The maximum absolute atomic E-state index is 11.9. The number of aromatic amines is 1. The van der Waals surface area contributed by atoms with E-state index in [4.69, 9.17) is 0 Å². The summed E-state index contributed by atoms with van der Waals surface area (Å²) < 4.78 is 2.11. The summed E-state index contributed by atoms with van der Waals surface area (Å²) in [6.45, 7) is 1.86. The summed E-state index contributed by atoms with van der Waals surface area (Å²) in [6.07, 6.45) is 0. The first kappa shape index (κ1) is 13.1. The van der Waals surface area contributed by atoms with Crippen LogP contribution in [0.15, 0.2) is 42.5 Å². The van der Waals surface area contributed by atoms with Gasteiger partial charge in [-0.1, -0.05) is 28.1 Å². The van der Waals surface area contributed by atoms with Crippen LogP contribution in [-0.2, 0) is 0 Å². The Kier molecular flexibility index (Phi) is 3.90. The van der Waals surface area contributed by atoms with Crippen LogP contribution < -0.4 is 5.43 Å². The van der Waals surface area contributed by atoms with Crippen molar-refractivity contribution in [2.24, 2.45) is 0 Å². The molecule has 1 heterocycles. The normalized spacial score (nSPS) is 10.6. The molecule has 0 aliphatic heterocycles. The third kappa shape index (κ3) is 2.56. The van der Waals surface area contributed by atoms with E-state index in [2.05, 4.69) is 52.8 Å². The van der Waals surface area contributed by atoms with E-state index in [9.17, 15) is 4.79 Å². The first-order valence-corrected chi connectivity index (χ1v) is 7.22. The fourth-order valence-corrected chi connectivity index (χ4v) is 2.85. The highest BCUT2D eigenvalue weighted by molar-refractivity contribution is 9.11. The standard InChI is InChI=1S/C12H8Br3NO/c1-6-9(14)12(17)10(15)11(16-6)7-2-4-8(13)5-3-7/h2-5H,1H3,(H,16,17). The molecule has 0 aliphatic carbocycles. The van der Waals surface area contributed by atoms with Gasteiger partial charge in [-0.05, 0) is 56.5 Å². The molecule has 0 bridgehead atoms. The van der Waals surface area contributed by atoms with Crippen molar-refractivity contribution in [3.63, 3.8) is 0 Å². The summed E-state index contributed by atoms with van der Waals surface area (Å²) in [5.74, 6) is 0. The first-order valence-electron chi connectivity index (χ1n) is 4.84.